The number of benzene rings is 2. The average molecular weight is 409 g/mol. The van der Waals surface area contributed by atoms with E-state index >= 15 is 0 Å². The van der Waals surface area contributed by atoms with Crippen LogP contribution in [0.5, 0.6) is 0 Å². The summed E-state index contributed by atoms with van der Waals surface area (Å²) in [5, 5.41) is 9.66. The van der Waals surface area contributed by atoms with Gasteiger partial charge >= 0.3 is 0 Å². The Bertz CT molecular complexity index is 879. The molecule has 6 heteroatoms. The number of anilines is 1. The molecule has 0 saturated carbocycles. The van der Waals surface area contributed by atoms with Gasteiger partial charge in [-0.05, 0) is 43.5 Å². The summed E-state index contributed by atoms with van der Waals surface area (Å²) in [5.41, 5.74) is 4.36. The number of hydrogen-bond donors (Lipinski definition) is 3. The van der Waals surface area contributed by atoms with Gasteiger partial charge in [0.2, 0.25) is 5.91 Å². The summed E-state index contributed by atoms with van der Waals surface area (Å²) in [6.07, 6.45) is 0.685. The van der Waals surface area contributed by atoms with E-state index in [0.717, 1.165) is 29.3 Å². The van der Waals surface area contributed by atoms with Crippen molar-refractivity contribution >= 4 is 17.6 Å². The molecular formula is C24H32N4O2. The molecule has 1 aliphatic rings. The fourth-order valence-corrected chi connectivity index (χ4v) is 3.50. The summed E-state index contributed by atoms with van der Waals surface area (Å²) >= 11 is 0. The highest BCUT2D eigenvalue weighted by Crippen LogP contribution is 2.31. The van der Waals surface area contributed by atoms with Gasteiger partial charge in [-0.25, -0.2) is 4.99 Å². The number of para-hydroxylation sites is 1. The van der Waals surface area contributed by atoms with Crippen LogP contribution in [0, 0.1) is 0 Å². The van der Waals surface area contributed by atoms with Crippen LogP contribution in [0.3, 0.4) is 0 Å². The van der Waals surface area contributed by atoms with Crippen LogP contribution in [-0.4, -0.2) is 31.1 Å². The summed E-state index contributed by atoms with van der Waals surface area (Å²) < 4.78 is 5.70. The van der Waals surface area contributed by atoms with Crippen molar-refractivity contribution in [3.8, 4) is 0 Å². The van der Waals surface area contributed by atoms with E-state index in [1.54, 1.807) is 0 Å². The molecule has 2 aromatic rings. The molecule has 0 spiro atoms. The SMILES string of the molecule is CCNC(=NCc1cccc(COC(C)C)c1)NCC1CC(=O)Nc2ccccc21. The lowest BCUT2D eigenvalue weighted by atomic mass is 9.90. The summed E-state index contributed by atoms with van der Waals surface area (Å²) in [6, 6.07) is 16.3. The first-order chi connectivity index (χ1) is 14.5. The van der Waals surface area contributed by atoms with Crippen LogP contribution in [0.1, 0.15) is 49.8 Å². The minimum atomic E-state index is 0.0582. The number of amides is 1. The molecule has 30 heavy (non-hydrogen) atoms. The second-order valence-electron chi connectivity index (χ2n) is 7.79. The number of ether oxygens (including phenoxy) is 1. The molecule has 1 unspecified atom stereocenters. The van der Waals surface area contributed by atoms with E-state index in [4.69, 9.17) is 9.73 Å². The van der Waals surface area contributed by atoms with Crippen LogP contribution in [0.25, 0.3) is 0 Å². The second kappa shape index (κ2) is 10.8. The number of rotatable bonds is 8. The molecule has 2 aromatic carbocycles. The average Bonchev–Trinajstić information content (AvgIpc) is 2.74. The molecule has 0 aliphatic carbocycles. The van der Waals surface area contributed by atoms with Crippen molar-refractivity contribution in [2.45, 2.75) is 52.4 Å². The maximum Gasteiger partial charge on any atom is 0.225 e. The van der Waals surface area contributed by atoms with E-state index in [0.29, 0.717) is 26.1 Å². The molecule has 0 bridgehead atoms. The summed E-state index contributed by atoms with van der Waals surface area (Å²) in [5.74, 6) is 0.933. The van der Waals surface area contributed by atoms with Crippen molar-refractivity contribution in [2.24, 2.45) is 4.99 Å². The van der Waals surface area contributed by atoms with E-state index in [1.807, 2.05) is 45.0 Å². The third kappa shape index (κ3) is 6.32. The van der Waals surface area contributed by atoms with E-state index < -0.39 is 0 Å². The van der Waals surface area contributed by atoms with Gasteiger partial charge in [0, 0.05) is 31.1 Å². The lowest BCUT2D eigenvalue weighted by molar-refractivity contribution is -0.116. The molecule has 1 amide bonds. The number of guanidine groups is 1. The largest absolute Gasteiger partial charge is 0.374 e. The maximum atomic E-state index is 12.0. The minimum absolute atomic E-state index is 0.0582. The predicted octanol–water partition coefficient (Wildman–Crippen LogP) is 3.79. The topological polar surface area (TPSA) is 74.8 Å². The zero-order valence-electron chi connectivity index (χ0n) is 18.1. The molecule has 1 aliphatic heterocycles. The number of carbonyl (C=O) groups is 1. The van der Waals surface area contributed by atoms with Crippen molar-refractivity contribution in [3.05, 3.63) is 65.2 Å². The van der Waals surface area contributed by atoms with Crippen LogP contribution in [0.2, 0.25) is 0 Å². The lowest BCUT2D eigenvalue weighted by Gasteiger charge is -2.26. The van der Waals surface area contributed by atoms with E-state index in [9.17, 15) is 4.79 Å². The van der Waals surface area contributed by atoms with Gasteiger partial charge in [0.05, 0.1) is 19.3 Å². The van der Waals surface area contributed by atoms with Gasteiger partial charge in [-0.2, -0.15) is 0 Å². The summed E-state index contributed by atoms with van der Waals surface area (Å²) in [6.45, 7) is 8.73. The van der Waals surface area contributed by atoms with Crippen molar-refractivity contribution in [3.63, 3.8) is 0 Å². The molecule has 1 heterocycles. The predicted molar refractivity (Wildman–Crippen MR) is 122 cm³/mol. The van der Waals surface area contributed by atoms with Crippen molar-refractivity contribution < 1.29 is 9.53 Å². The van der Waals surface area contributed by atoms with Gasteiger partial charge < -0.3 is 20.7 Å². The van der Waals surface area contributed by atoms with Gasteiger partial charge in [0.1, 0.15) is 0 Å². The highest BCUT2D eigenvalue weighted by Gasteiger charge is 2.24. The third-order valence-corrected chi connectivity index (χ3v) is 4.96. The second-order valence-corrected chi connectivity index (χ2v) is 7.79. The van der Waals surface area contributed by atoms with Gasteiger partial charge in [-0.3, -0.25) is 4.79 Å². The first-order valence-electron chi connectivity index (χ1n) is 10.7. The Morgan fingerprint density at radius 2 is 1.97 bits per heavy atom. The lowest BCUT2D eigenvalue weighted by Crippen LogP contribution is -2.40. The standard InChI is InChI=1S/C24H32N4O2/c1-4-25-24(26-14-18-8-7-9-19(12-18)16-30-17(2)3)27-15-20-13-23(29)28-22-11-6-5-10-21(20)22/h5-12,17,20H,4,13-16H2,1-3H3,(H,28,29)(H2,25,26,27). The van der Waals surface area contributed by atoms with Crippen LogP contribution in [0.15, 0.2) is 53.5 Å². The fraction of sp³-hybridized carbons (Fsp3) is 0.417. The van der Waals surface area contributed by atoms with E-state index in [2.05, 4.69) is 40.2 Å². The van der Waals surface area contributed by atoms with Gasteiger partial charge in [0.15, 0.2) is 5.96 Å². The molecule has 0 radical (unpaired) electrons. The first kappa shape index (κ1) is 21.8. The minimum Gasteiger partial charge on any atom is -0.374 e. The zero-order chi connectivity index (χ0) is 21.3. The normalized spacial score (nSPS) is 16.2. The van der Waals surface area contributed by atoms with E-state index in [-0.39, 0.29) is 17.9 Å². The van der Waals surface area contributed by atoms with E-state index in [1.165, 1.54) is 5.56 Å². The maximum absolute atomic E-state index is 12.0. The van der Waals surface area contributed by atoms with Crippen LogP contribution < -0.4 is 16.0 Å². The molecule has 3 rings (SSSR count). The zero-order valence-corrected chi connectivity index (χ0v) is 18.1. The molecule has 0 saturated heterocycles. The molecule has 160 valence electrons. The van der Waals surface area contributed by atoms with Crippen molar-refractivity contribution in [2.75, 3.05) is 18.4 Å². The number of hydrogen-bond acceptors (Lipinski definition) is 3. The Balaban J connectivity index is 1.63. The molecule has 1 atom stereocenters. The molecule has 6 nitrogen and oxygen atoms in total. The smallest absolute Gasteiger partial charge is 0.225 e. The van der Waals surface area contributed by atoms with Crippen LogP contribution in [-0.2, 0) is 22.7 Å². The Hall–Kier alpha value is -2.86. The molecule has 3 N–H and O–H groups in total. The quantitative estimate of drug-likeness (QED) is 0.459. The van der Waals surface area contributed by atoms with Crippen molar-refractivity contribution in [1.82, 2.24) is 10.6 Å². The Morgan fingerprint density at radius 3 is 2.77 bits per heavy atom. The summed E-state index contributed by atoms with van der Waals surface area (Å²) in [7, 11) is 0. The fourth-order valence-electron chi connectivity index (χ4n) is 3.50. The number of nitrogens with zero attached hydrogens (tertiary/aromatic N) is 1. The van der Waals surface area contributed by atoms with Gasteiger partial charge in [-0.15, -0.1) is 0 Å². The first-order valence-corrected chi connectivity index (χ1v) is 10.7. The Kier molecular flexibility index (Phi) is 7.85. The summed E-state index contributed by atoms with van der Waals surface area (Å²) in [4.78, 5) is 16.8. The number of aliphatic imine (C=N–C) groups is 1. The number of fused-ring (bicyclic) bond motifs is 1. The molecule has 0 aromatic heterocycles. The van der Waals surface area contributed by atoms with Gasteiger partial charge in [0.25, 0.3) is 0 Å². The third-order valence-electron chi connectivity index (χ3n) is 4.96. The van der Waals surface area contributed by atoms with Crippen molar-refractivity contribution in [1.29, 1.82) is 0 Å². The van der Waals surface area contributed by atoms with Crippen LogP contribution >= 0.6 is 0 Å². The highest BCUT2D eigenvalue weighted by atomic mass is 16.5. The van der Waals surface area contributed by atoms with Gasteiger partial charge in [-0.1, -0.05) is 42.5 Å². The van der Waals surface area contributed by atoms with Crippen LogP contribution in [0.4, 0.5) is 5.69 Å². The number of nitrogens with one attached hydrogen (secondary N) is 3. The molecule has 0 fully saturated rings. The highest BCUT2D eigenvalue weighted by molar-refractivity contribution is 5.94. The Labute approximate surface area is 179 Å². The Morgan fingerprint density at radius 1 is 1.17 bits per heavy atom. The molecular weight excluding hydrogens is 376 g/mol. The monoisotopic (exact) mass is 408 g/mol. The number of carbonyl (C=O) groups excluding carboxylic acids is 1.